The molecule has 2 amide bonds. The highest BCUT2D eigenvalue weighted by atomic mass is 32.2. The molecule has 0 unspecified atom stereocenters. The molecule has 0 saturated carbocycles. The molecule has 0 spiro atoms. The maximum Gasteiger partial charge on any atom is 0.243 e. The van der Waals surface area contributed by atoms with Crippen LogP contribution in [0, 0.1) is 0 Å². The summed E-state index contributed by atoms with van der Waals surface area (Å²) < 4.78 is 30.0. The van der Waals surface area contributed by atoms with Crippen LogP contribution in [-0.2, 0) is 26.2 Å². The van der Waals surface area contributed by atoms with Crippen molar-refractivity contribution in [3.05, 3.63) is 18.2 Å². The van der Waals surface area contributed by atoms with E-state index in [2.05, 4.69) is 15.6 Å². The number of aryl methyl sites for hydroxylation is 1. The highest BCUT2D eigenvalue weighted by molar-refractivity contribution is 7.89. The van der Waals surface area contributed by atoms with E-state index in [-0.39, 0.29) is 16.7 Å². The van der Waals surface area contributed by atoms with E-state index < -0.39 is 16.1 Å². The number of amides is 2. The molecule has 33 heavy (non-hydrogen) atoms. The quantitative estimate of drug-likeness (QED) is 0.548. The number of carbonyl (C=O) groups excluding carboxylic acids is 2. The molecule has 2 aromatic rings. The van der Waals surface area contributed by atoms with E-state index in [0.717, 1.165) is 37.7 Å². The second-order valence-corrected chi connectivity index (χ2v) is 10.6. The molecule has 2 aliphatic rings. The summed E-state index contributed by atoms with van der Waals surface area (Å²) in [4.78, 5) is 26.6. The third kappa shape index (κ3) is 5.03. The van der Waals surface area contributed by atoms with Gasteiger partial charge in [-0.2, -0.15) is 4.31 Å². The fourth-order valence-electron chi connectivity index (χ4n) is 4.62. The number of carbonyl (C=O) groups is 2. The van der Waals surface area contributed by atoms with Crippen LogP contribution in [0.5, 0.6) is 0 Å². The Hall–Kier alpha value is -2.53. The summed E-state index contributed by atoms with van der Waals surface area (Å²) in [7, 11) is -3.86. The van der Waals surface area contributed by atoms with Crippen molar-refractivity contribution in [3.8, 4) is 0 Å². The molecule has 2 aliphatic heterocycles. The van der Waals surface area contributed by atoms with Crippen LogP contribution in [0.2, 0.25) is 0 Å². The molecule has 1 aromatic carbocycles. The highest BCUT2D eigenvalue weighted by Gasteiger charge is 2.37. The summed E-state index contributed by atoms with van der Waals surface area (Å²) in [6.07, 6.45) is 5.05. The number of hydrogen-bond donors (Lipinski definition) is 1. The van der Waals surface area contributed by atoms with E-state index >= 15 is 0 Å². The standard InChI is InChI=1S/C22H32N6O4S/c1-2-12-27-19-10-9-17(16-18(19)24-25-27)33(31,32)28-15-4-3-7-20(28)22(30)23-11-6-14-26-13-5-8-21(26)29/h9-10,16,20H,2-8,11-15H2,1H3,(H,23,30)/t20-/m1/s1. The molecular weight excluding hydrogens is 444 g/mol. The summed E-state index contributed by atoms with van der Waals surface area (Å²) >= 11 is 0. The van der Waals surface area contributed by atoms with Gasteiger partial charge in [-0.25, -0.2) is 13.1 Å². The summed E-state index contributed by atoms with van der Waals surface area (Å²) in [5.74, 6) is -0.112. The van der Waals surface area contributed by atoms with E-state index in [1.807, 2.05) is 11.8 Å². The zero-order chi connectivity index (χ0) is 23.4. The van der Waals surface area contributed by atoms with Crippen molar-refractivity contribution in [1.82, 2.24) is 29.5 Å². The van der Waals surface area contributed by atoms with E-state index in [4.69, 9.17) is 0 Å². The molecule has 1 N–H and O–H groups in total. The first-order valence-electron chi connectivity index (χ1n) is 11.8. The second-order valence-electron chi connectivity index (χ2n) is 8.72. The van der Waals surface area contributed by atoms with Crippen LogP contribution in [0.4, 0.5) is 0 Å². The van der Waals surface area contributed by atoms with Gasteiger partial charge in [-0.3, -0.25) is 9.59 Å². The number of fused-ring (bicyclic) bond motifs is 1. The Bertz CT molecular complexity index is 1120. The molecule has 180 valence electrons. The van der Waals surface area contributed by atoms with Crippen LogP contribution in [0.1, 0.15) is 51.9 Å². The van der Waals surface area contributed by atoms with Crippen LogP contribution < -0.4 is 5.32 Å². The number of nitrogens with one attached hydrogen (secondary N) is 1. The van der Waals surface area contributed by atoms with Crippen LogP contribution in [-0.4, -0.2) is 76.7 Å². The van der Waals surface area contributed by atoms with Crippen molar-refractivity contribution in [2.24, 2.45) is 0 Å². The lowest BCUT2D eigenvalue weighted by molar-refractivity contribution is -0.127. The Morgan fingerprint density at radius 2 is 2.03 bits per heavy atom. The minimum absolute atomic E-state index is 0.130. The molecule has 0 radical (unpaired) electrons. The van der Waals surface area contributed by atoms with E-state index in [9.17, 15) is 18.0 Å². The van der Waals surface area contributed by atoms with Gasteiger partial charge in [-0.05, 0) is 50.3 Å². The van der Waals surface area contributed by atoms with Crippen molar-refractivity contribution in [2.75, 3.05) is 26.2 Å². The maximum absolute atomic E-state index is 13.5. The zero-order valence-electron chi connectivity index (χ0n) is 19.1. The third-order valence-electron chi connectivity index (χ3n) is 6.36. The lowest BCUT2D eigenvalue weighted by Gasteiger charge is -2.33. The Labute approximate surface area is 194 Å². The molecule has 4 rings (SSSR count). The molecule has 10 nitrogen and oxygen atoms in total. The van der Waals surface area contributed by atoms with E-state index in [1.165, 1.54) is 4.31 Å². The molecule has 2 fully saturated rings. The van der Waals surface area contributed by atoms with Crippen LogP contribution in [0.25, 0.3) is 11.0 Å². The number of aromatic nitrogens is 3. The highest BCUT2D eigenvalue weighted by Crippen LogP contribution is 2.27. The third-order valence-corrected chi connectivity index (χ3v) is 8.26. The minimum atomic E-state index is -3.86. The Kier molecular flexibility index (Phi) is 7.28. The van der Waals surface area contributed by atoms with Gasteiger partial charge in [0.2, 0.25) is 21.8 Å². The zero-order valence-corrected chi connectivity index (χ0v) is 19.9. The number of hydrogen-bond acceptors (Lipinski definition) is 6. The van der Waals surface area contributed by atoms with Gasteiger partial charge in [0.15, 0.2) is 0 Å². The first-order chi connectivity index (χ1) is 15.9. The number of nitrogens with zero attached hydrogens (tertiary/aromatic N) is 5. The number of rotatable bonds is 9. The smallest absolute Gasteiger partial charge is 0.243 e. The van der Waals surface area contributed by atoms with E-state index in [1.54, 1.807) is 22.9 Å². The molecule has 1 atom stereocenters. The van der Waals surface area contributed by atoms with Gasteiger partial charge < -0.3 is 10.2 Å². The van der Waals surface area contributed by atoms with Gasteiger partial charge in [0.25, 0.3) is 0 Å². The van der Waals surface area contributed by atoms with Crippen molar-refractivity contribution >= 4 is 32.9 Å². The van der Waals surface area contributed by atoms with Gasteiger partial charge in [-0.15, -0.1) is 5.10 Å². The van der Waals surface area contributed by atoms with Crippen molar-refractivity contribution < 1.29 is 18.0 Å². The summed E-state index contributed by atoms with van der Waals surface area (Å²) in [6, 6.07) is 4.12. The average molecular weight is 477 g/mol. The molecule has 3 heterocycles. The Morgan fingerprint density at radius 1 is 1.18 bits per heavy atom. The van der Waals surface area contributed by atoms with Gasteiger partial charge >= 0.3 is 0 Å². The van der Waals surface area contributed by atoms with Crippen molar-refractivity contribution in [1.29, 1.82) is 0 Å². The van der Waals surface area contributed by atoms with Crippen molar-refractivity contribution in [3.63, 3.8) is 0 Å². The predicted octanol–water partition coefficient (Wildman–Crippen LogP) is 1.51. The lowest BCUT2D eigenvalue weighted by atomic mass is 10.0. The number of sulfonamides is 1. The first-order valence-corrected chi connectivity index (χ1v) is 13.3. The fourth-order valence-corrected chi connectivity index (χ4v) is 6.30. The predicted molar refractivity (Wildman–Crippen MR) is 123 cm³/mol. The summed E-state index contributed by atoms with van der Waals surface area (Å²) in [5, 5.41) is 11.1. The maximum atomic E-state index is 13.5. The molecule has 11 heteroatoms. The number of likely N-dealkylation sites (tertiary alicyclic amines) is 1. The number of benzene rings is 1. The van der Waals surface area contributed by atoms with Crippen molar-refractivity contribution in [2.45, 2.75) is 69.4 Å². The van der Waals surface area contributed by atoms with Gasteiger partial charge in [-0.1, -0.05) is 18.6 Å². The molecule has 1 aromatic heterocycles. The second kappa shape index (κ2) is 10.2. The minimum Gasteiger partial charge on any atom is -0.355 e. The topological polar surface area (TPSA) is 118 Å². The van der Waals surface area contributed by atoms with Gasteiger partial charge in [0.05, 0.1) is 10.4 Å². The van der Waals surface area contributed by atoms with Crippen LogP contribution >= 0.6 is 0 Å². The number of piperidine rings is 1. The molecular formula is C22H32N6O4S. The summed E-state index contributed by atoms with van der Waals surface area (Å²) in [6.45, 7) is 4.87. The average Bonchev–Trinajstić information content (AvgIpc) is 3.42. The SMILES string of the molecule is CCCn1nnc2cc(S(=O)(=O)N3CCCC[C@@H]3C(=O)NCCCN3CCCC3=O)ccc21. The monoisotopic (exact) mass is 476 g/mol. The summed E-state index contributed by atoms with van der Waals surface area (Å²) in [5.41, 5.74) is 1.32. The normalized spacial score (nSPS) is 20.0. The first kappa shape index (κ1) is 23.6. The van der Waals surface area contributed by atoms with Crippen LogP contribution in [0.15, 0.2) is 23.1 Å². The van der Waals surface area contributed by atoms with Crippen LogP contribution in [0.3, 0.4) is 0 Å². The molecule has 0 bridgehead atoms. The molecule has 2 saturated heterocycles. The largest absolute Gasteiger partial charge is 0.355 e. The molecule has 0 aliphatic carbocycles. The van der Waals surface area contributed by atoms with Gasteiger partial charge in [0, 0.05) is 39.1 Å². The Balaban J connectivity index is 1.43. The fraction of sp³-hybridized carbons (Fsp3) is 0.636. The Morgan fingerprint density at radius 3 is 2.79 bits per heavy atom. The van der Waals surface area contributed by atoms with E-state index in [0.29, 0.717) is 51.0 Å². The van der Waals surface area contributed by atoms with Gasteiger partial charge in [0.1, 0.15) is 11.6 Å². The lowest BCUT2D eigenvalue weighted by Crippen LogP contribution is -2.52.